The van der Waals surface area contributed by atoms with Crippen LogP contribution in [-0.4, -0.2) is 36.4 Å². The van der Waals surface area contributed by atoms with Crippen molar-refractivity contribution >= 4 is 23.3 Å². The van der Waals surface area contributed by atoms with Gasteiger partial charge in [0.1, 0.15) is 5.69 Å². The minimum absolute atomic E-state index is 0.0395. The maximum Gasteiger partial charge on any atom is 0.268 e. The van der Waals surface area contributed by atoms with Crippen LogP contribution in [-0.2, 0) is 10.2 Å². The van der Waals surface area contributed by atoms with Crippen molar-refractivity contribution < 1.29 is 14.3 Å². The van der Waals surface area contributed by atoms with Crippen LogP contribution in [0.15, 0.2) is 24.3 Å². The Morgan fingerprint density at radius 2 is 1.81 bits per heavy atom. The molecule has 0 atom stereocenters. The molecule has 6 heteroatoms. The van der Waals surface area contributed by atoms with Gasteiger partial charge in [0.2, 0.25) is 0 Å². The summed E-state index contributed by atoms with van der Waals surface area (Å²) in [6, 6.07) is 7.82. The Hall–Kier alpha value is -2.11. The van der Waals surface area contributed by atoms with Gasteiger partial charge in [-0.3, -0.25) is 9.59 Å². The van der Waals surface area contributed by atoms with Gasteiger partial charge >= 0.3 is 0 Å². The first kappa shape index (κ1) is 19.6. The van der Waals surface area contributed by atoms with Gasteiger partial charge in [0, 0.05) is 41.5 Å². The van der Waals surface area contributed by atoms with Gasteiger partial charge in [-0.1, -0.05) is 23.7 Å². The van der Waals surface area contributed by atoms with Gasteiger partial charge in [-0.25, -0.2) is 0 Å². The predicted octanol–water partition coefficient (Wildman–Crippen LogP) is 3.97. The summed E-state index contributed by atoms with van der Waals surface area (Å²) >= 11 is 6.04. The van der Waals surface area contributed by atoms with E-state index in [4.69, 9.17) is 16.3 Å². The zero-order chi connectivity index (χ0) is 19.6. The third-order valence-electron chi connectivity index (χ3n) is 5.51. The molecule has 1 aliphatic heterocycles. The molecule has 27 heavy (non-hydrogen) atoms. The maximum absolute atomic E-state index is 12.8. The van der Waals surface area contributed by atoms with Crippen LogP contribution < -0.4 is 5.32 Å². The molecular formula is C21H25ClN2O3. The molecule has 3 rings (SSSR count). The number of ether oxygens (including phenoxy) is 1. The van der Waals surface area contributed by atoms with E-state index < -0.39 is 0 Å². The molecule has 2 heterocycles. The van der Waals surface area contributed by atoms with E-state index in [0.717, 1.165) is 24.1 Å². The van der Waals surface area contributed by atoms with Gasteiger partial charge < -0.3 is 15.0 Å². The SMILES string of the molecule is CC(=O)c1c(C)[nH]c(C(=O)NCC2(c3ccc(Cl)cc3)CCOCC2)c1C. The van der Waals surface area contributed by atoms with Gasteiger partial charge in [0.05, 0.1) is 0 Å². The summed E-state index contributed by atoms with van der Waals surface area (Å²) in [5, 5.41) is 3.77. The number of carbonyl (C=O) groups is 2. The highest BCUT2D eigenvalue weighted by Crippen LogP contribution is 2.35. The Labute approximate surface area is 164 Å². The van der Waals surface area contributed by atoms with Crippen LogP contribution in [0.2, 0.25) is 5.02 Å². The molecular weight excluding hydrogens is 364 g/mol. The zero-order valence-corrected chi connectivity index (χ0v) is 16.7. The Morgan fingerprint density at radius 1 is 1.19 bits per heavy atom. The van der Waals surface area contributed by atoms with Crippen LogP contribution in [0.4, 0.5) is 0 Å². The molecule has 2 N–H and O–H groups in total. The number of carbonyl (C=O) groups excluding carboxylic acids is 2. The van der Waals surface area contributed by atoms with E-state index >= 15 is 0 Å². The van der Waals surface area contributed by atoms with E-state index in [-0.39, 0.29) is 17.1 Å². The fraction of sp³-hybridized carbons (Fsp3) is 0.429. The zero-order valence-electron chi connectivity index (χ0n) is 15.9. The molecule has 144 valence electrons. The van der Waals surface area contributed by atoms with Crippen molar-refractivity contribution in [2.45, 2.75) is 39.0 Å². The first-order chi connectivity index (χ1) is 12.8. The van der Waals surface area contributed by atoms with Gasteiger partial charge in [0.25, 0.3) is 5.91 Å². The number of aromatic amines is 1. The number of hydrogen-bond donors (Lipinski definition) is 2. The summed E-state index contributed by atoms with van der Waals surface area (Å²) in [5.74, 6) is -0.231. The Kier molecular flexibility index (Phi) is 5.72. The molecule has 0 aliphatic carbocycles. The molecule has 1 fully saturated rings. The third kappa shape index (κ3) is 3.94. The van der Waals surface area contributed by atoms with Crippen LogP contribution in [0.5, 0.6) is 0 Å². The van der Waals surface area contributed by atoms with Gasteiger partial charge in [-0.05, 0) is 56.9 Å². The largest absolute Gasteiger partial charge is 0.381 e. The molecule has 1 aromatic heterocycles. The van der Waals surface area contributed by atoms with Crippen LogP contribution in [0.3, 0.4) is 0 Å². The van der Waals surface area contributed by atoms with Crippen LogP contribution in [0.25, 0.3) is 0 Å². The molecule has 1 amide bonds. The highest BCUT2D eigenvalue weighted by atomic mass is 35.5. The number of rotatable bonds is 5. The number of aryl methyl sites for hydroxylation is 1. The molecule has 0 spiro atoms. The van der Waals surface area contributed by atoms with E-state index in [2.05, 4.69) is 10.3 Å². The number of H-pyrrole nitrogens is 1. The lowest BCUT2D eigenvalue weighted by molar-refractivity contribution is 0.0486. The lowest BCUT2D eigenvalue weighted by Crippen LogP contribution is -2.44. The second-order valence-corrected chi connectivity index (χ2v) is 7.70. The van der Waals surface area contributed by atoms with Gasteiger partial charge in [-0.15, -0.1) is 0 Å². The normalized spacial score (nSPS) is 16.1. The summed E-state index contributed by atoms with van der Waals surface area (Å²) in [6.45, 7) is 6.96. The Balaban J connectivity index is 1.82. The lowest BCUT2D eigenvalue weighted by Gasteiger charge is -2.38. The second kappa shape index (κ2) is 7.87. The quantitative estimate of drug-likeness (QED) is 0.761. The van der Waals surface area contributed by atoms with E-state index in [1.165, 1.54) is 6.92 Å². The fourth-order valence-electron chi connectivity index (χ4n) is 3.98. The summed E-state index contributed by atoms with van der Waals surface area (Å²) < 4.78 is 5.54. The number of nitrogens with one attached hydrogen (secondary N) is 2. The average Bonchev–Trinajstić information content (AvgIpc) is 2.95. The topological polar surface area (TPSA) is 71.2 Å². The molecule has 2 aromatic rings. The minimum atomic E-state index is -0.192. The highest BCUT2D eigenvalue weighted by molar-refractivity contribution is 6.30. The number of hydrogen-bond acceptors (Lipinski definition) is 3. The first-order valence-electron chi connectivity index (χ1n) is 9.16. The molecule has 1 aliphatic rings. The smallest absolute Gasteiger partial charge is 0.268 e. The second-order valence-electron chi connectivity index (χ2n) is 7.26. The molecule has 0 unspecified atom stereocenters. The average molecular weight is 389 g/mol. The predicted molar refractivity (Wildman–Crippen MR) is 106 cm³/mol. The van der Waals surface area contributed by atoms with Crippen molar-refractivity contribution in [3.8, 4) is 0 Å². The van der Waals surface area contributed by atoms with Crippen molar-refractivity contribution in [1.82, 2.24) is 10.3 Å². The van der Waals surface area contributed by atoms with Crippen LogP contribution >= 0.6 is 11.6 Å². The van der Waals surface area contributed by atoms with Crippen LogP contribution in [0, 0.1) is 13.8 Å². The third-order valence-corrected chi connectivity index (χ3v) is 5.76. The fourth-order valence-corrected chi connectivity index (χ4v) is 4.10. The summed E-state index contributed by atoms with van der Waals surface area (Å²) in [6.07, 6.45) is 1.66. The van der Waals surface area contributed by atoms with Crippen molar-refractivity contribution in [2.24, 2.45) is 0 Å². The monoisotopic (exact) mass is 388 g/mol. The van der Waals surface area contributed by atoms with Gasteiger partial charge in [-0.2, -0.15) is 0 Å². The van der Waals surface area contributed by atoms with E-state index in [9.17, 15) is 9.59 Å². The number of halogens is 1. The molecule has 5 nitrogen and oxygen atoms in total. The summed E-state index contributed by atoms with van der Waals surface area (Å²) in [4.78, 5) is 27.7. The first-order valence-corrected chi connectivity index (χ1v) is 9.54. The number of Topliss-reactive ketones (excluding diaryl/α,β-unsaturated/α-hetero) is 1. The molecule has 0 bridgehead atoms. The van der Waals surface area contributed by atoms with Crippen molar-refractivity contribution in [2.75, 3.05) is 19.8 Å². The number of amides is 1. The van der Waals surface area contributed by atoms with Crippen molar-refractivity contribution in [3.05, 3.63) is 57.4 Å². The van der Waals surface area contributed by atoms with E-state index in [1.54, 1.807) is 6.92 Å². The number of benzene rings is 1. The highest BCUT2D eigenvalue weighted by Gasteiger charge is 2.35. The van der Waals surface area contributed by atoms with Crippen molar-refractivity contribution in [1.29, 1.82) is 0 Å². The number of ketones is 1. The molecule has 1 saturated heterocycles. The Bertz CT molecular complexity index is 849. The van der Waals surface area contributed by atoms with Crippen molar-refractivity contribution in [3.63, 3.8) is 0 Å². The minimum Gasteiger partial charge on any atom is -0.381 e. The number of aromatic nitrogens is 1. The standard InChI is InChI=1S/C21H25ClN2O3/c1-13-18(15(3)25)14(2)24-19(13)20(26)23-12-21(8-10-27-11-9-21)16-4-6-17(22)7-5-16/h4-7,24H,8-12H2,1-3H3,(H,23,26). The van der Waals surface area contributed by atoms with E-state index in [0.29, 0.717) is 41.6 Å². The lowest BCUT2D eigenvalue weighted by atomic mass is 9.74. The summed E-state index contributed by atoms with van der Waals surface area (Å²) in [7, 11) is 0. The van der Waals surface area contributed by atoms with Crippen LogP contribution in [0.1, 0.15) is 57.4 Å². The molecule has 0 saturated carbocycles. The van der Waals surface area contributed by atoms with Gasteiger partial charge in [0.15, 0.2) is 5.78 Å². The molecule has 0 radical (unpaired) electrons. The molecule has 1 aromatic carbocycles. The summed E-state index contributed by atoms with van der Waals surface area (Å²) in [5.41, 5.74) is 3.44. The Morgan fingerprint density at radius 3 is 2.37 bits per heavy atom. The van der Waals surface area contributed by atoms with E-state index in [1.807, 2.05) is 31.2 Å². The maximum atomic E-state index is 12.8.